The maximum atomic E-state index is 13.8. The third kappa shape index (κ3) is 20.3. The normalized spacial score (nSPS) is 9.61. The molecule has 0 spiro atoms. The molecular weight excluding hydrogens is 1790 g/mol. The predicted octanol–water partition coefficient (Wildman–Crippen LogP) is 11.5. The van der Waals surface area contributed by atoms with Crippen molar-refractivity contribution in [1.29, 1.82) is 0 Å². The minimum Gasteiger partial charge on any atom is -0.574 e. The first kappa shape index (κ1) is 70.1. The van der Waals surface area contributed by atoms with Crippen LogP contribution in [0.5, 0.6) is 0 Å². The van der Waals surface area contributed by atoms with Gasteiger partial charge in [0.15, 0.2) is 5.69 Å². The molecule has 0 amide bonds. The number of hydrogen-bond acceptors (Lipinski definition) is 6. The van der Waals surface area contributed by atoms with Crippen LogP contribution in [0.1, 0.15) is 16.1 Å². The average Bonchev–Trinajstić information content (AvgIpc) is 4.33. The summed E-state index contributed by atoms with van der Waals surface area (Å²) in [6.07, 6.45) is 17.9. The number of benzene rings is 5. The number of fused-ring (bicyclic) bond motifs is 1. The Labute approximate surface area is 535 Å². The van der Waals surface area contributed by atoms with E-state index in [1.165, 1.54) is 36.1 Å². The van der Waals surface area contributed by atoms with E-state index in [0.29, 0.717) is 11.4 Å². The number of rotatable bonds is 6. The zero-order chi connectivity index (χ0) is 56.8. The van der Waals surface area contributed by atoms with Crippen molar-refractivity contribution < 1.29 is 121 Å². The van der Waals surface area contributed by atoms with Crippen LogP contribution in [0, 0.1) is 79.5 Å². The molecule has 0 aliphatic rings. The average molecular weight is 1840 g/mol. The van der Waals surface area contributed by atoms with Crippen molar-refractivity contribution in [3.05, 3.63) is 290 Å². The van der Waals surface area contributed by atoms with Crippen molar-refractivity contribution in [1.82, 2.24) is 39.3 Å². The maximum absolute atomic E-state index is 13.8. The minimum absolute atomic E-state index is 0. The molecule has 0 bridgehead atoms. The van der Waals surface area contributed by atoms with Crippen LogP contribution in [0.2, 0.25) is 0 Å². The van der Waals surface area contributed by atoms with Gasteiger partial charge in [0.1, 0.15) is 5.69 Å². The van der Waals surface area contributed by atoms with Crippen molar-refractivity contribution >= 4 is 22.7 Å². The summed E-state index contributed by atoms with van der Waals surface area (Å²) in [4.78, 5) is 28.6. The fraction of sp³-hybridized carbons (Fsp3) is 0.0484. The van der Waals surface area contributed by atoms with E-state index in [9.17, 15) is 26.7 Å². The monoisotopic (exact) mass is 1840 g/mol. The van der Waals surface area contributed by atoms with Gasteiger partial charge in [0.25, 0.3) is 0 Å². The Bertz CT molecular complexity index is 3940. The number of aromatic carboxylic acids is 1. The number of hydrogen-bond donors (Lipinski definition) is 1. The second-order valence-electron chi connectivity index (χ2n) is 16.4. The molecule has 3 radical (unpaired) electrons. The van der Waals surface area contributed by atoms with Gasteiger partial charge in [-0.3, -0.25) is 31.8 Å². The largest absolute Gasteiger partial charge is 3.00 e. The number of halogens is 5. The molecule has 0 fully saturated rings. The Morgan fingerprint density at radius 3 is 1.87 bits per heavy atom. The summed E-state index contributed by atoms with van der Waals surface area (Å²) in [5.41, 5.74) is 7.14. The Morgan fingerprint density at radius 2 is 1.31 bits per heavy atom. The number of pyridine rings is 4. The number of carboxylic acid groups (broad SMARTS) is 1. The summed E-state index contributed by atoms with van der Waals surface area (Å²) in [6.45, 7) is 8.57. The summed E-state index contributed by atoms with van der Waals surface area (Å²) in [7, 11) is 3.88. The van der Waals surface area contributed by atoms with Crippen molar-refractivity contribution in [2.24, 2.45) is 14.1 Å². The Morgan fingerprint density at radius 1 is 0.655 bits per heavy atom. The fourth-order valence-corrected chi connectivity index (χ4v) is 6.96. The minimum atomic E-state index is -0.990. The molecule has 13 nitrogen and oxygen atoms in total. The van der Waals surface area contributed by atoms with Gasteiger partial charge in [0.05, 0.1) is 31.7 Å². The van der Waals surface area contributed by atoms with Crippen LogP contribution < -0.4 is 14.2 Å². The van der Waals surface area contributed by atoms with Crippen molar-refractivity contribution in [3.63, 3.8) is 0 Å². The van der Waals surface area contributed by atoms with Gasteiger partial charge in [-0.15, -0.1) is 42.0 Å². The Balaban J connectivity index is 0.000000264. The summed E-state index contributed by atoms with van der Waals surface area (Å²) in [5, 5.41) is 15.9. The molecule has 0 aliphatic carbocycles. The number of aryl methyl sites for hydroxylation is 3. The number of aromatic nitrogens is 10. The van der Waals surface area contributed by atoms with Crippen LogP contribution in [-0.4, -0.2) is 45.2 Å². The van der Waals surface area contributed by atoms with Gasteiger partial charge in [-0.25, -0.2) is 9.78 Å². The van der Waals surface area contributed by atoms with E-state index in [-0.39, 0.29) is 103 Å². The molecule has 0 unspecified atom stereocenters. The first-order valence-corrected chi connectivity index (χ1v) is 23.8. The topological polar surface area (TPSA) is 138 Å². The summed E-state index contributed by atoms with van der Waals surface area (Å²) < 4.78 is 72.9. The summed E-state index contributed by atoms with van der Waals surface area (Å²) in [6, 6.07) is 55.2. The predicted molar refractivity (Wildman–Crippen MR) is 287 cm³/mol. The molecule has 0 saturated heterocycles. The molecule has 5 aromatic carbocycles. The molecule has 12 rings (SSSR count). The second kappa shape index (κ2) is 35.7. The quantitative estimate of drug-likeness (QED) is 0.0987. The zero-order valence-corrected chi connectivity index (χ0v) is 53.6. The molecule has 0 aliphatic heterocycles. The van der Waals surface area contributed by atoms with E-state index < -0.39 is 34.9 Å². The van der Waals surface area contributed by atoms with E-state index >= 15 is 0 Å². The van der Waals surface area contributed by atoms with Gasteiger partial charge < -0.3 is 43.5 Å². The zero-order valence-electron chi connectivity index (χ0n) is 44.1. The Kier molecular flexibility index (Phi) is 29.8. The van der Waals surface area contributed by atoms with Crippen molar-refractivity contribution in [2.45, 2.75) is 6.92 Å². The van der Waals surface area contributed by atoms with Crippen LogP contribution in [-0.2, 0) is 94.5 Å². The standard InChI is InChI=1S/C14H11N2.C13H7F2N2.C11H6F2N.C10H8FN2.C8H6N3.C6H5NO2.4Ir/c1-15-11-16(12-7-3-2-4-8-12)14-10-6-5-9-13(14)15;1-8-5-6-17-11(7-8)9-3-4-10(14)13(16-2)12(9)15;12-8-4-5-9(10(13)7-8)11-3-1-2-6-14-11;1-12-6-7-13(8-12)10-4-2-9(11)3-5-10;1-2-5-9-7(3-1)8-4-6-10-11-8;8-6(9)5-3-1-2-4-7-5;;;;/h2-7,9-10H,1H3;4-7H,1H3;1-4,6-7H;2-4,6-7H,1H3;1-6H;1-4H,(H,8,9);;;;/q5*-1;;;;;+3. The van der Waals surface area contributed by atoms with Gasteiger partial charge in [0.2, 0.25) is 12.7 Å². The number of carboxylic acids is 1. The molecule has 0 atom stereocenters. The summed E-state index contributed by atoms with van der Waals surface area (Å²) >= 11 is 0. The molecule has 12 aromatic rings. The first-order valence-electron chi connectivity index (χ1n) is 23.8. The van der Waals surface area contributed by atoms with E-state index in [4.69, 9.17) is 11.7 Å². The molecule has 431 valence electrons. The van der Waals surface area contributed by atoms with Crippen LogP contribution >= 0.6 is 0 Å². The van der Waals surface area contributed by atoms with Gasteiger partial charge in [-0.05, 0) is 54.7 Å². The Hall–Kier alpha value is -8.20. The number of para-hydroxylation sites is 3. The fourth-order valence-electron chi connectivity index (χ4n) is 6.96. The van der Waals surface area contributed by atoms with Crippen LogP contribution in [0.25, 0.3) is 61.2 Å². The van der Waals surface area contributed by atoms with Crippen LogP contribution in [0.15, 0.2) is 201 Å². The third-order valence-electron chi connectivity index (χ3n) is 10.7. The number of nitrogens with zero attached hydrogens (tertiary/aromatic N) is 11. The molecule has 1 N–H and O–H groups in total. The maximum Gasteiger partial charge on any atom is 3.00 e. The van der Waals surface area contributed by atoms with E-state index in [1.54, 1.807) is 76.3 Å². The molecule has 0 saturated carbocycles. The number of carbonyl (C=O) groups is 1. The molecule has 7 heterocycles. The molecule has 22 heteroatoms. The van der Waals surface area contributed by atoms with E-state index in [0.717, 1.165) is 52.0 Å². The van der Waals surface area contributed by atoms with Crippen LogP contribution in [0.3, 0.4) is 0 Å². The number of imidazole rings is 2. The van der Waals surface area contributed by atoms with Gasteiger partial charge in [-0.2, -0.15) is 42.5 Å². The molecule has 7 aromatic heterocycles. The second-order valence-corrected chi connectivity index (χ2v) is 16.4. The van der Waals surface area contributed by atoms with Gasteiger partial charge in [0, 0.05) is 138 Å². The summed E-state index contributed by atoms with van der Waals surface area (Å²) in [5.74, 6) is -4.38. The van der Waals surface area contributed by atoms with E-state index in [1.807, 2.05) is 103 Å². The van der Waals surface area contributed by atoms with Crippen LogP contribution in [0.4, 0.5) is 27.6 Å². The first-order chi connectivity index (χ1) is 38.8. The van der Waals surface area contributed by atoms with Crippen molar-refractivity contribution in [2.75, 3.05) is 0 Å². The smallest absolute Gasteiger partial charge is 0.574 e. The SMILES string of the molecule is C[n+]1[c-]n(-c2[c-]cccc2)c2ccccc21.Cn1[c-][n+](-c2[c-]cc(F)cc2)cc1.Fc1c[c-]c(-c2ccccn2)c(F)c1.O=C(O)c1ccccn1.[C-]#[N+]c1c(F)c[c-]c(-c2cc(C)ccn2)c1F.[Ir+3].[Ir].[Ir].[Ir].c1ccc(-c2ccn[n-]2)nc1. The van der Waals surface area contributed by atoms with E-state index in [2.05, 4.69) is 84.0 Å². The molecule has 84 heavy (non-hydrogen) atoms. The van der Waals surface area contributed by atoms with Crippen molar-refractivity contribution in [3.8, 4) is 45.3 Å². The third-order valence-corrected chi connectivity index (χ3v) is 10.7. The van der Waals surface area contributed by atoms with Gasteiger partial charge in [-0.1, -0.05) is 94.9 Å². The van der Waals surface area contributed by atoms with Gasteiger partial charge >= 0.3 is 26.1 Å². The molecular formula is C62H43F5Ir4N11O2-2.